The van der Waals surface area contributed by atoms with Crippen molar-refractivity contribution < 1.29 is 63.7 Å². The van der Waals surface area contributed by atoms with Gasteiger partial charge in [-0.2, -0.15) is 0 Å². The number of carbonyl (C=O) groups is 4. The molecule has 0 saturated carbocycles. The highest BCUT2D eigenvalue weighted by molar-refractivity contribution is 5.95. The number of benzene rings is 8. The number of nitrogens with zero attached hydrogens (tertiary/aromatic N) is 4. The number of rotatable bonds is 11. The van der Waals surface area contributed by atoms with Crippen molar-refractivity contribution in [1.29, 1.82) is 0 Å². The second kappa shape index (κ2) is 29.5. The molecule has 122 heavy (non-hydrogen) atoms. The molecular formula is C101H106N8O13. The third-order valence-electron chi connectivity index (χ3n) is 31.3. The maximum atomic E-state index is 13.1. The Balaban J connectivity index is 0.000000100. The van der Waals surface area contributed by atoms with E-state index in [1.165, 1.54) is 44.5 Å². The number of hydrogen-bond donors (Lipinski definition) is 9. The van der Waals surface area contributed by atoms with Crippen LogP contribution >= 0.6 is 0 Å². The summed E-state index contributed by atoms with van der Waals surface area (Å²) in [5.41, 5.74) is 15.2. The van der Waals surface area contributed by atoms with E-state index in [-0.39, 0.29) is 129 Å². The van der Waals surface area contributed by atoms with Crippen molar-refractivity contribution in [2.45, 2.75) is 179 Å². The Bertz CT molecular complexity index is 5730. The number of likely N-dealkylation sites (tertiary alicyclic amines) is 4. The van der Waals surface area contributed by atoms with E-state index in [4.69, 9.17) is 18.9 Å². The molecule has 9 N–H and O–H groups in total. The number of aryl methyl sites for hydroxylation is 2. The molecule has 628 valence electrons. The first-order valence-electron chi connectivity index (χ1n) is 43.8. The number of carbonyl (C=O) groups excluding carboxylic acids is 4. The van der Waals surface area contributed by atoms with Gasteiger partial charge in [0.05, 0.1) is 43.6 Å². The maximum Gasteiger partial charge on any atom is 0.251 e. The van der Waals surface area contributed by atoms with Crippen LogP contribution in [0.2, 0.25) is 0 Å². The molecule has 20 atom stereocenters. The minimum Gasteiger partial charge on any atom is -0.504 e. The van der Waals surface area contributed by atoms with Gasteiger partial charge in [-0.15, -0.1) is 0 Å². The molecule has 8 heterocycles. The van der Waals surface area contributed by atoms with E-state index < -0.39 is 0 Å². The second-order valence-corrected chi connectivity index (χ2v) is 37.5. The first kappa shape index (κ1) is 78.1. The van der Waals surface area contributed by atoms with Crippen LogP contribution < -0.4 is 40.2 Å². The van der Waals surface area contributed by atoms with Gasteiger partial charge in [-0.25, -0.2) is 0 Å². The number of phenols is 4. The standard InChI is InChI=1S/2C26H28N2O3.C25H26N2O4.C24H24N2O3/c1-15-3-5-16(6-4-15)13-22(30)27-19-9-8-18-20-14-17-7-10-21(29)24-23(17)26(18,25(19)31-24)11-12-28(20)2;1-15-4-3-5-16(12-15)13-22(30)27-19-8-7-18-20-14-17-6-9-21(29)24-23(17)26(18,25(19)31-24)10-11-28(20)2;1-27-10-9-25-17-6-7-18(26-24(30)16-4-2-3-14(11-16)13-28)23(25)31-22-20(29)8-5-15(21(22)25)12-19(17)27;1-26-12-11-24-16-8-9-17(25-23(28)14-5-3-2-4-6-14)22(24)29-21-19(27)10-7-15(20(21)24)13-18(16)26/h3-10,18-20,25,29H,11-14H2,1-2H3,(H,27,30);3-9,12,18-20,25,29H,10-11,13-14H2,1-2H3,(H,27,30);2-8,11,17-19,23,28-29H,9-10,12-13H2,1H3,(H,26,30);2-10,16-18,22,27H,11-13H2,1H3,(H,25,28)/t2*18?,19-,20-,25?,26+;17?,18-,19-,23?,25+;16?,17-,18-,22?,24+/m1111/s1. The molecule has 0 aromatic heterocycles. The van der Waals surface area contributed by atoms with Crippen LogP contribution in [0.5, 0.6) is 46.0 Å². The van der Waals surface area contributed by atoms with Crippen LogP contribution in [0.25, 0.3) is 0 Å². The van der Waals surface area contributed by atoms with Crippen LogP contribution in [-0.4, -0.2) is 196 Å². The Kier molecular flexibility index (Phi) is 18.9. The van der Waals surface area contributed by atoms with E-state index in [0.29, 0.717) is 94.5 Å². The van der Waals surface area contributed by atoms with E-state index in [1.54, 1.807) is 48.5 Å². The number of aliphatic hydroxyl groups is 1. The Morgan fingerprint density at radius 1 is 0.361 bits per heavy atom. The smallest absolute Gasteiger partial charge is 0.251 e. The van der Waals surface area contributed by atoms with Gasteiger partial charge in [-0.05, 0) is 207 Å². The van der Waals surface area contributed by atoms with Gasteiger partial charge in [0.25, 0.3) is 11.8 Å². The molecule has 4 saturated heterocycles. The van der Waals surface area contributed by atoms with Crippen molar-refractivity contribution in [2.75, 3.05) is 54.4 Å². The summed E-state index contributed by atoms with van der Waals surface area (Å²) >= 11 is 0. The molecule has 4 fully saturated rings. The first-order valence-corrected chi connectivity index (χ1v) is 43.8. The van der Waals surface area contributed by atoms with Crippen molar-refractivity contribution in [3.05, 3.63) is 284 Å². The fraction of sp³-hybridized carbons (Fsp3) is 0.406. The zero-order valence-corrected chi connectivity index (χ0v) is 69.7. The van der Waals surface area contributed by atoms with E-state index in [1.807, 2.05) is 92.7 Å². The molecule has 24 rings (SSSR count). The SMILES string of the molecule is CN1CC[C@]23c4c5ccc(O)c4OC2[C@H](NC(=O)c2cccc(CO)c2)C=CC3[C@H]1C5.CN1CC[C@]23c4c5ccc(O)c4OC2[C@H](NC(=O)c2ccccc2)C=CC3[C@H]1C5.Cc1ccc(CC(=O)N[C@@H]2C=CC3[C@H]4Cc5ccc(O)c6c5[C@@]3(CCN4C)C2O6)cc1.Cc1cccc(CC(=O)N[C@@H]2C=CC3[C@H]4Cc5ccc(O)c6c5[C@@]3(CCN4C)C2O6)c1. The lowest BCUT2D eigenvalue weighted by atomic mass is 9.53. The minimum absolute atomic E-state index is 0.000566. The van der Waals surface area contributed by atoms with Crippen LogP contribution in [0, 0.1) is 37.5 Å². The summed E-state index contributed by atoms with van der Waals surface area (Å²) in [4.78, 5) is 61.6. The molecule has 8 aromatic rings. The van der Waals surface area contributed by atoms with Gasteiger partial charge in [0, 0.05) is 103 Å². The number of ether oxygens (including phenoxy) is 4. The van der Waals surface area contributed by atoms with Gasteiger partial charge in [0.1, 0.15) is 24.4 Å². The summed E-state index contributed by atoms with van der Waals surface area (Å²) < 4.78 is 25.9. The number of amides is 4. The minimum atomic E-state index is -0.302. The number of hydrogen-bond acceptors (Lipinski definition) is 17. The summed E-state index contributed by atoms with van der Waals surface area (Å²) in [5.74, 6) is 4.29. The topological polar surface area (TPSA) is 267 Å². The highest BCUT2D eigenvalue weighted by atomic mass is 16.5. The van der Waals surface area contributed by atoms with E-state index >= 15 is 0 Å². The highest BCUT2D eigenvalue weighted by Crippen LogP contribution is 2.67. The van der Waals surface area contributed by atoms with E-state index in [9.17, 15) is 44.7 Å². The molecule has 8 unspecified atom stereocenters. The van der Waals surface area contributed by atoms with Gasteiger partial charge in [-0.3, -0.25) is 19.2 Å². The van der Waals surface area contributed by atoms with Crippen molar-refractivity contribution in [2.24, 2.45) is 23.7 Å². The van der Waals surface area contributed by atoms with Crippen molar-refractivity contribution >= 4 is 23.6 Å². The van der Waals surface area contributed by atoms with Gasteiger partial charge in [-0.1, -0.05) is 163 Å². The van der Waals surface area contributed by atoms with E-state index in [2.05, 4.69) is 142 Å². The molecule has 8 aliphatic carbocycles. The second-order valence-electron chi connectivity index (χ2n) is 37.5. The lowest BCUT2D eigenvalue weighted by Gasteiger charge is -2.57. The Morgan fingerprint density at radius 3 is 1.07 bits per heavy atom. The molecule has 0 radical (unpaired) electrons. The Hall–Kier alpha value is -11.2. The monoisotopic (exact) mass is 1640 g/mol. The molecule has 8 aliphatic heterocycles. The summed E-state index contributed by atoms with van der Waals surface area (Å²) in [6.45, 7) is 7.92. The van der Waals surface area contributed by atoms with Crippen molar-refractivity contribution in [1.82, 2.24) is 40.9 Å². The molecular weight excluding hydrogens is 1530 g/mol. The van der Waals surface area contributed by atoms with Gasteiger partial charge in [0.15, 0.2) is 46.0 Å². The number of aromatic hydroxyl groups is 4. The molecule has 21 heteroatoms. The molecule has 21 nitrogen and oxygen atoms in total. The fourth-order valence-corrected chi connectivity index (χ4v) is 25.8. The normalized spacial score (nSPS) is 32.6. The lowest BCUT2D eigenvalue weighted by molar-refractivity contribution is -0.123. The first-order chi connectivity index (χ1) is 59.1. The zero-order chi connectivity index (χ0) is 83.7. The zero-order valence-electron chi connectivity index (χ0n) is 69.7. The molecule has 8 bridgehead atoms. The number of likely N-dealkylation sites (N-methyl/N-ethyl adjacent to an activating group) is 4. The van der Waals surface area contributed by atoms with Crippen LogP contribution in [0.4, 0.5) is 0 Å². The summed E-state index contributed by atoms with van der Waals surface area (Å²) in [7, 11) is 8.80. The van der Waals surface area contributed by atoms with Crippen LogP contribution in [-0.2, 0) is 76.4 Å². The van der Waals surface area contributed by atoms with Crippen LogP contribution in [0.15, 0.2) is 200 Å². The highest BCUT2D eigenvalue weighted by Gasteiger charge is 2.69. The van der Waals surface area contributed by atoms with Crippen molar-refractivity contribution in [3.63, 3.8) is 0 Å². The fourth-order valence-electron chi connectivity index (χ4n) is 25.8. The van der Waals surface area contributed by atoms with E-state index in [0.717, 1.165) is 99.8 Å². The average Bonchev–Trinajstić information content (AvgIpc) is 1.52. The van der Waals surface area contributed by atoms with Crippen LogP contribution in [0.3, 0.4) is 0 Å². The molecule has 4 amide bonds. The van der Waals surface area contributed by atoms with Crippen LogP contribution in [0.1, 0.15) is 119 Å². The maximum absolute atomic E-state index is 13.1. The number of aliphatic hydroxyl groups excluding tert-OH is 1. The Morgan fingerprint density at radius 2 is 0.697 bits per heavy atom. The lowest BCUT2D eigenvalue weighted by Crippen LogP contribution is -2.66. The Labute approximate surface area is 711 Å². The van der Waals surface area contributed by atoms with Crippen molar-refractivity contribution in [3.8, 4) is 46.0 Å². The molecule has 16 aliphatic rings. The summed E-state index contributed by atoms with van der Waals surface area (Å²) in [5, 5.41) is 64.6. The predicted octanol–water partition coefficient (Wildman–Crippen LogP) is 10.5. The third-order valence-corrected chi connectivity index (χ3v) is 31.3. The number of phenolic OH excluding ortho intramolecular Hbond substituents is 4. The number of piperidine rings is 4. The van der Waals surface area contributed by atoms with Gasteiger partial charge >= 0.3 is 0 Å². The molecule has 4 spiro atoms. The average molecular weight is 1640 g/mol. The number of nitrogens with one attached hydrogen (secondary N) is 4. The largest absolute Gasteiger partial charge is 0.504 e. The van der Waals surface area contributed by atoms with Gasteiger partial charge in [0.2, 0.25) is 11.8 Å². The van der Waals surface area contributed by atoms with Gasteiger partial charge < -0.3 is 85.3 Å². The predicted molar refractivity (Wildman–Crippen MR) is 461 cm³/mol. The summed E-state index contributed by atoms with van der Waals surface area (Å²) in [6.07, 6.45) is 25.1. The summed E-state index contributed by atoms with van der Waals surface area (Å²) in [6, 6.07) is 48.4. The third kappa shape index (κ3) is 12.0. The molecule has 8 aromatic carbocycles. The quantitative estimate of drug-likeness (QED) is 0.0545.